The molecule has 0 saturated carbocycles. The molecule has 25 heavy (non-hydrogen) atoms. The first-order valence-electron chi connectivity index (χ1n) is 8.41. The minimum atomic E-state index is 0.597. The Morgan fingerprint density at radius 2 is 1.60 bits per heavy atom. The van der Waals surface area contributed by atoms with Crippen LogP contribution in [-0.2, 0) is 26.2 Å². The number of thioether (sulfide) groups is 1. The number of nitrogens with zero attached hydrogens (tertiary/aromatic N) is 1. The normalized spacial score (nSPS) is 11.2. The van der Waals surface area contributed by atoms with Gasteiger partial charge < -0.3 is 5.73 Å². The lowest BCUT2D eigenvalue weighted by Gasteiger charge is -2.23. The number of nitrogens with two attached hydrogens (primary N) is 1. The quantitative estimate of drug-likeness (QED) is 0.559. The predicted octanol–water partition coefficient (Wildman–Crippen LogP) is 5.13. The molecule has 2 aromatic carbocycles. The van der Waals surface area contributed by atoms with Crippen LogP contribution in [0, 0.1) is 0 Å². The van der Waals surface area contributed by atoms with E-state index in [1.807, 2.05) is 11.8 Å². The summed E-state index contributed by atoms with van der Waals surface area (Å²) >= 11 is 3.58. The van der Waals surface area contributed by atoms with Gasteiger partial charge in [0, 0.05) is 31.1 Å². The highest BCUT2D eigenvalue weighted by Crippen LogP contribution is 2.23. The average molecular weight is 369 g/mol. The molecule has 0 spiro atoms. The van der Waals surface area contributed by atoms with E-state index in [2.05, 4.69) is 76.5 Å². The Labute approximate surface area is 158 Å². The summed E-state index contributed by atoms with van der Waals surface area (Å²) in [4.78, 5) is 3.87. The van der Waals surface area contributed by atoms with E-state index >= 15 is 0 Å². The van der Waals surface area contributed by atoms with E-state index in [-0.39, 0.29) is 0 Å². The van der Waals surface area contributed by atoms with Gasteiger partial charge in [0.05, 0.1) is 0 Å². The molecule has 0 saturated heterocycles. The Kier molecular flexibility index (Phi) is 6.70. The van der Waals surface area contributed by atoms with Crippen molar-refractivity contribution in [2.75, 3.05) is 6.26 Å². The van der Waals surface area contributed by atoms with Gasteiger partial charge in [-0.2, -0.15) is 11.3 Å². The van der Waals surface area contributed by atoms with Crippen LogP contribution in [0.3, 0.4) is 0 Å². The molecule has 3 rings (SSSR count). The molecule has 0 radical (unpaired) electrons. The third-order valence-electron chi connectivity index (χ3n) is 4.24. The molecule has 1 heterocycles. The molecule has 2 nitrogen and oxygen atoms in total. The van der Waals surface area contributed by atoms with E-state index in [0.29, 0.717) is 6.54 Å². The molecular weight excluding hydrogens is 344 g/mol. The molecule has 0 atom stereocenters. The fourth-order valence-electron chi connectivity index (χ4n) is 2.92. The molecule has 130 valence electrons. The van der Waals surface area contributed by atoms with Crippen LogP contribution in [0.2, 0.25) is 0 Å². The maximum absolute atomic E-state index is 5.71. The Bertz CT molecular complexity index is 767. The van der Waals surface area contributed by atoms with E-state index in [0.717, 1.165) is 19.6 Å². The molecule has 0 unspecified atom stereocenters. The van der Waals surface area contributed by atoms with Gasteiger partial charge in [-0.3, -0.25) is 4.90 Å². The minimum Gasteiger partial charge on any atom is -0.326 e. The summed E-state index contributed by atoms with van der Waals surface area (Å²) in [6.07, 6.45) is 2.15. The summed E-state index contributed by atoms with van der Waals surface area (Å²) in [5, 5.41) is 4.39. The van der Waals surface area contributed by atoms with Crippen LogP contribution in [0.15, 0.2) is 70.3 Å². The summed E-state index contributed by atoms with van der Waals surface area (Å²) in [6.45, 7) is 3.44. The van der Waals surface area contributed by atoms with E-state index in [4.69, 9.17) is 5.73 Å². The Morgan fingerprint density at radius 3 is 2.28 bits per heavy atom. The number of hydrogen-bond acceptors (Lipinski definition) is 4. The molecule has 1 aromatic heterocycles. The topological polar surface area (TPSA) is 29.3 Å². The van der Waals surface area contributed by atoms with Gasteiger partial charge >= 0.3 is 0 Å². The zero-order chi connectivity index (χ0) is 17.5. The van der Waals surface area contributed by atoms with E-state index in [1.54, 1.807) is 11.3 Å². The highest BCUT2D eigenvalue weighted by atomic mass is 32.2. The summed E-state index contributed by atoms with van der Waals surface area (Å²) in [7, 11) is 0. The van der Waals surface area contributed by atoms with Crippen LogP contribution in [0.1, 0.15) is 22.3 Å². The smallest absolute Gasteiger partial charge is 0.0251 e. The molecular formula is C21H24N2S2. The largest absolute Gasteiger partial charge is 0.326 e. The van der Waals surface area contributed by atoms with Gasteiger partial charge in [0.2, 0.25) is 0 Å². The standard InChI is InChI=1S/C21H24N2S2/c1-24-21-5-3-2-4-20(21)15-23(14-19-10-11-25-16-19)13-18-8-6-17(12-22)7-9-18/h2-11,16H,12-15,22H2,1H3. The van der Waals surface area contributed by atoms with Gasteiger partial charge in [-0.05, 0) is 51.4 Å². The molecule has 0 amide bonds. The van der Waals surface area contributed by atoms with Crippen molar-refractivity contribution < 1.29 is 0 Å². The van der Waals surface area contributed by atoms with E-state index < -0.39 is 0 Å². The van der Waals surface area contributed by atoms with Crippen molar-refractivity contribution in [3.05, 3.63) is 87.6 Å². The van der Waals surface area contributed by atoms with Crippen molar-refractivity contribution in [3.63, 3.8) is 0 Å². The fourth-order valence-corrected chi connectivity index (χ4v) is 4.19. The average Bonchev–Trinajstić information content (AvgIpc) is 3.16. The zero-order valence-corrected chi connectivity index (χ0v) is 16.2. The zero-order valence-electron chi connectivity index (χ0n) is 14.5. The highest BCUT2D eigenvalue weighted by molar-refractivity contribution is 7.98. The molecule has 3 aromatic rings. The van der Waals surface area contributed by atoms with Crippen molar-refractivity contribution in [2.45, 2.75) is 31.1 Å². The molecule has 0 aliphatic heterocycles. The summed E-state index contributed by atoms with van der Waals surface area (Å²) < 4.78 is 0. The highest BCUT2D eigenvalue weighted by Gasteiger charge is 2.11. The summed E-state index contributed by atoms with van der Waals surface area (Å²) in [6, 6.07) is 19.6. The number of hydrogen-bond donors (Lipinski definition) is 1. The van der Waals surface area contributed by atoms with Crippen molar-refractivity contribution >= 4 is 23.1 Å². The second kappa shape index (κ2) is 9.20. The molecule has 2 N–H and O–H groups in total. The van der Waals surface area contributed by atoms with Gasteiger partial charge in [-0.15, -0.1) is 11.8 Å². The van der Waals surface area contributed by atoms with E-state index in [1.165, 1.54) is 27.1 Å². The minimum absolute atomic E-state index is 0.597. The maximum Gasteiger partial charge on any atom is 0.0251 e. The van der Waals surface area contributed by atoms with Crippen LogP contribution < -0.4 is 5.73 Å². The SMILES string of the molecule is CSc1ccccc1CN(Cc1ccc(CN)cc1)Cc1ccsc1. The van der Waals surface area contributed by atoms with Gasteiger partial charge in [-0.1, -0.05) is 42.5 Å². The first kappa shape index (κ1) is 18.2. The van der Waals surface area contributed by atoms with Crippen LogP contribution in [0.25, 0.3) is 0 Å². The lowest BCUT2D eigenvalue weighted by atomic mass is 10.1. The van der Waals surface area contributed by atoms with Crippen LogP contribution in [0.4, 0.5) is 0 Å². The van der Waals surface area contributed by atoms with Gasteiger partial charge in [0.1, 0.15) is 0 Å². The van der Waals surface area contributed by atoms with Crippen LogP contribution >= 0.6 is 23.1 Å². The third-order valence-corrected chi connectivity index (χ3v) is 5.81. The van der Waals surface area contributed by atoms with Gasteiger partial charge in [0.25, 0.3) is 0 Å². The van der Waals surface area contributed by atoms with Crippen molar-refractivity contribution in [2.24, 2.45) is 5.73 Å². The second-order valence-electron chi connectivity index (χ2n) is 6.11. The molecule has 0 fully saturated rings. The summed E-state index contributed by atoms with van der Waals surface area (Å²) in [5.74, 6) is 0. The Balaban J connectivity index is 1.78. The monoisotopic (exact) mass is 368 g/mol. The van der Waals surface area contributed by atoms with E-state index in [9.17, 15) is 0 Å². The first-order chi connectivity index (χ1) is 12.3. The molecule has 4 heteroatoms. The molecule has 0 aliphatic carbocycles. The molecule has 0 aliphatic rings. The molecule has 0 bridgehead atoms. The van der Waals surface area contributed by atoms with Crippen molar-refractivity contribution in [1.29, 1.82) is 0 Å². The van der Waals surface area contributed by atoms with Gasteiger partial charge in [-0.25, -0.2) is 0 Å². The van der Waals surface area contributed by atoms with Crippen LogP contribution in [-0.4, -0.2) is 11.2 Å². The third kappa shape index (κ3) is 5.19. The maximum atomic E-state index is 5.71. The van der Waals surface area contributed by atoms with Crippen molar-refractivity contribution in [1.82, 2.24) is 4.90 Å². The summed E-state index contributed by atoms with van der Waals surface area (Å²) in [5.41, 5.74) is 11.0. The van der Waals surface area contributed by atoms with Crippen LogP contribution in [0.5, 0.6) is 0 Å². The first-order valence-corrected chi connectivity index (χ1v) is 10.6. The predicted molar refractivity (Wildman–Crippen MR) is 110 cm³/mol. The van der Waals surface area contributed by atoms with Crippen molar-refractivity contribution in [3.8, 4) is 0 Å². The number of benzene rings is 2. The lowest BCUT2D eigenvalue weighted by Crippen LogP contribution is -2.22. The lowest BCUT2D eigenvalue weighted by molar-refractivity contribution is 0.246. The number of rotatable bonds is 8. The Morgan fingerprint density at radius 1 is 0.880 bits per heavy atom. The Hall–Kier alpha value is -1.59. The second-order valence-corrected chi connectivity index (χ2v) is 7.74. The fraction of sp³-hybridized carbons (Fsp3) is 0.238. The van der Waals surface area contributed by atoms with Gasteiger partial charge in [0.15, 0.2) is 0 Å². The number of thiophene rings is 1.